The molecule has 0 heterocycles. The highest BCUT2D eigenvalue weighted by Gasteiger charge is 2.30. The van der Waals surface area contributed by atoms with E-state index in [1.54, 1.807) is 0 Å². The highest BCUT2D eigenvalue weighted by molar-refractivity contribution is 6.08. The summed E-state index contributed by atoms with van der Waals surface area (Å²) in [5.41, 5.74) is 3.11. The highest BCUT2D eigenvalue weighted by Crippen LogP contribution is 2.32. The summed E-state index contributed by atoms with van der Waals surface area (Å²) >= 11 is 0. The largest absolute Gasteiger partial charge is 0.377 e. The van der Waals surface area contributed by atoms with Gasteiger partial charge in [0.2, 0.25) is 5.91 Å². The fraction of sp³-hybridized carbons (Fsp3) is 0.280. The van der Waals surface area contributed by atoms with Gasteiger partial charge in [-0.2, -0.15) is 0 Å². The van der Waals surface area contributed by atoms with Crippen molar-refractivity contribution in [3.8, 4) is 0 Å². The molecule has 0 aromatic heterocycles. The summed E-state index contributed by atoms with van der Waals surface area (Å²) in [5.74, 6) is -0.155. The van der Waals surface area contributed by atoms with Gasteiger partial charge >= 0.3 is 0 Å². The Morgan fingerprint density at radius 2 is 1.63 bits per heavy atom. The second kappa shape index (κ2) is 9.09. The van der Waals surface area contributed by atoms with Crippen LogP contribution in [0.5, 0.6) is 0 Å². The van der Waals surface area contributed by atoms with Crippen LogP contribution in [0.3, 0.4) is 0 Å². The molecule has 1 saturated carbocycles. The van der Waals surface area contributed by atoms with E-state index < -0.39 is 0 Å². The number of hydrogen-bond acceptors (Lipinski definition) is 3. The van der Waals surface area contributed by atoms with E-state index in [-0.39, 0.29) is 17.7 Å². The van der Waals surface area contributed by atoms with Crippen LogP contribution in [0.1, 0.15) is 41.3 Å². The number of rotatable bonds is 8. The van der Waals surface area contributed by atoms with Gasteiger partial charge in [-0.1, -0.05) is 48.5 Å². The van der Waals surface area contributed by atoms with Crippen LogP contribution in [-0.4, -0.2) is 18.4 Å². The van der Waals surface area contributed by atoms with Gasteiger partial charge in [0.15, 0.2) is 0 Å². The van der Waals surface area contributed by atoms with Gasteiger partial charge in [-0.3, -0.25) is 9.59 Å². The zero-order valence-electron chi connectivity index (χ0n) is 17.1. The van der Waals surface area contributed by atoms with Crippen LogP contribution in [0.15, 0.2) is 60.7 Å². The molecular formula is C25H26N2O3. The molecule has 30 heavy (non-hydrogen) atoms. The molecule has 5 heteroatoms. The monoisotopic (exact) mass is 402 g/mol. The molecule has 1 aliphatic rings. The van der Waals surface area contributed by atoms with Crippen LogP contribution in [0.2, 0.25) is 0 Å². The molecule has 0 spiro atoms. The second-order valence-corrected chi connectivity index (χ2v) is 7.60. The first-order valence-corrected chi connectivity index (χ1v) is 10.4. The number of carbonyl (C=O) groups is 2. The predicted octanol–water partition coefficient (Wildman–Crippen LogP) is 4.65. The molecule has 0 unspecified atom stereocenters. The third kappa shape index (κ3) is 4.69. The van der Waals surface area contributed by atoms with Gasteiger partial charge in [0.05, 0.1) is 17.9 Å². The van der Waals surface area contributed by atoms with E-state index in [4.69, 9.17) is 4.74 Å². The van der Waals surface area contributed by atoms with E-state index in [1.807, 2.05) is 67.6 Å². The van der Waals surface area contributed by atoms with Crippen LogP contribution in [0, 0.1) is 5.92 Å². The molecule has 0 atom stereocenters. The van der Waals surface area contributed by atoms with Crippen LogP contribution in [0.25, 0.3) is 10.8 Å². The van der Waals surface area contributed by atoms with Crippen molar-refractivity contribution in [3.05, 3.63) is 77.4 Å². The van der Waals surface area contributed by atoms with E-state index in [2.05, 4.69) is 10.6 Å². The molecule has 154 valence electrons. The third-order valence-electron chi connectivity index (χ3n) is 5.36. The molecule has 0 aliphatic heterocycles. The SMILES string of the molecule is CCOCc1ccccc1CNC(=O)c1cc2ccccc2cc1NC(=O)C1CC1. The Kier molecular flexibility index (Phi) is 6.10. The second-order valence-electron chi connectivity index (χ2n) is 7.60. The fourth-order valence-electron chi connectivity index (χ4n) is 3.47. The lowest BCUT2D eigenvalue weighted by molar-refractivity contribution is -0.117. The Morgan fingerprint density at radius 3 is 2.33 bits per heavy atom. The summed E-state index contributed by atoms with van der Waals surface area (Å²) in [6, 6.07) is 19.5. The normalized spacial score (nSPS) is 13.2. The minimum Gasteiger partial charge on any atom is -0.377 e. The highest BCUT2D eigenvalue weighted by atomic mass is 16.5. The Labute approximate surface area is 176 Å². The Balaban J connectivity index is 1.57. The number of amides is 2. The maximum absolute atomic E-state index is 13.1. The molecule has 0 saturated heterocycles. The molecule has 3 aromatic rings. The lowest BCUT2D eigenvalue weighted by Crippen LogP contribution is -2.25. The van der Waals surface area contributed by atoms with E-state index in [0.717, 1.165) is 34.7 Å². The molecule has 1 aliphatic carbocycles. The molecule has 3 aromatic carbocycles. The molecule has 1 fully saturated rings. The Hall–Kier alpha value is -3.18. The Morgan fingerprint density at radius 1 is 0.967 bits per heavy atom. The average Bonchev–Trinajstić information content (AvgIpc) is 3.61. The van der Waals surface area contributed by atoms with E-state index >= 15 is 0 Å². The minimum absolute atomic E-state index is 0.0126. The van der Waals surface area contributed by atoms with Crippen molar-refractivity contribution in [2.45, 2.75) is 32.9 Å². The molecule has 2 N–H and O–H groups in total. The van der Waals surface area contributed by atoms with Crippen molar-refractivity contribution in [2.24, 2.45) is 5.92 Å². The first-order valence-electron chi connectivity index (χ1n) is 10.4. The molecule has 5 nitrogen and oxygen atoms in total. The maximum atomic E-state index is 13.1. The standard InChI is InChI=1S/C25H26N2O3/c1-2-30-16-21-10-6-5-9-20(21)15-26-25(29)22-13-18-7-3-4-8-19(18)14-23(22)27-24(28)17-11-12-17/h3-10,13-14,17H,2,11-12,15-16H2,1H3,(H,26,29)(H,27,28). The van der Waals surface area contributed by atoms with Crippen molar-refractivity contribution in [1.29, 1.82) is 0 Å². The first kappa shape index (κ1) is 20.1. The van der Waals surface area contributed by atoms with Crippen molar-refractivity contribution in [1.82, 2.24) is 5.32 Å². The zero-order valence-corrected chi connectivity index (χ0v) is 17.1. The van der Waals surface area contributed by atoms with Crippen LogP contribution in [0.4, 0.5) is 5.69 Å². The zero-order chi connectivity index (χ0) is 20.9. The van der Waals surface area contributed by atoms with E-state index in [0.29, 0.717) is 31.0 Å². The maximum Gasteiger partial charge on any atom is 0.253 e. The van der Waals surface area contributed by atoms with Crippen molar-refractivity contribution in [3.63, 3.8) is 0 Å². The van der Waals surface area contributed by atoms with Gasteiger partial charge in [0, 0.05) is 19.1 Å². The molecular weight excluding hydrogens is 376 g/mol. The van der Waals surface area contributed by atoms with Crippen LogP contribution >= 0.6 is 0 Å². The fourth-order valence-corrected chi connectivity index (χ4v) is 3.47. The van der Waals surface area contributed by atoms with Gasteiger partial charge in [0.1, 0.15) is 0 Å². The summed E-state index contributed by atoms with van der Waals surface area (Å²) in [6.45, 7) is 3.51. The topological polar surface area (TPSA) is 67.4 Å². The van der Waals surface area contributed by atoms with Crippen molar-refractivity contribution in [2.75, 3.05) is 11.9 Å². The quantitative estimate of drug-likeness (QED) is 0.576. The molecule has 0 bridgehead atoms. The van der Waals surface area contributed by atoms with Gasteiger partial charge in [-0.05, 0) is 53.8 Å². The lowest BCUT2D eigenvalue weighted by atomic mass is 10.0. The number of anilines is 1. The van der Waals surface area contributed by atoms with Crippen LogP contribution < -0.4 is 10.6 Å². The lowest BCUT2D eigenvalue weighted by Gasteiger charge is -2.14. The number of hydrogen-bond donors (Lipinski definition) is 2. The third-order valence-corrected chi connectivity index (χ3v) is 5.36. The van der Waals surface area contributed by atoms with Gasteiger partial charge < -0.3 is 15.4 Å². The Bertz CT molecular complexity index is 1070. The minimum atomic E-state index is -0.210. The predicted molar refractivity (Wildman–Crippen MR) is 118 cm³/mol. The van der Waals surface area contributed by atoms with E-state index in [1.165, 1.54) is 0 Å². The number of fused-ring (bicyclic) bond motifs is 1. The summed E-state index contributed by atoms with van der Waals surface area (Å²) in [4.78, 5) is 25.4. The average molecular weight is 402 g/mol. The smallest absolute Gasteiger partial charge is 0.253 e. The van der Waals surface area contributed by atoms with Crippen molar-refractivity contribution < 1.29 is 14.3 Å². The van der Waals surface area contributed by atoms with Gasteiger partial charge in [-0.25, -0.2) is 0 Å². The number of ether oxygens (including phenoxy) is 1. The van der Waals surface area contributed by atoms with Gasteiger partial charge in [0.25, 0.3) is 5.91 Å². The van der Waals surface area contributed by atoms with Crippen LogP contribution in [-0.2, 0) is 22.7 Å². The van der Waals surface area contributed by atoms with Gasteiger partial charge in [-0.15, -0.1) is 0 Å². The van der Waals surface area contributed by atoms with Crippen molar-refractivity contribution >= 4 is 28.3 Å². The molecule has 0 radical (unpaired) electrons. The number of carbonyl (C=O) groups excluding carboxylic acids is 2. The summed E-state index contributed by atoms with van der Waals surface area (Å²) in [7, 11) is 0. The summed E-state index contributed by atoms with van der Waals surface area (Å²) in [6.07, 6.45) is 1.83. The summed E-state index contributed by atoms with van der Waals surface area (Å²) < 4.78 is 5.53. The first-order chi connectivity index (χ1) is 14.7. The van der Waals surface area contributed by atoms with E-state index in [9.17, 15) is 9.59 Å². The molecule has 2 amide bonds. The summed E-state index contributed by atoms with van der Waals surface area (Å²) in [5, 5.41) is 7.92. The molecule has 4 rings (SSSR count). The number of nitrogens with one attached hydrogen (secondary N) is 2. The number of benzene rings is 3.